The molecule has 1 aliphatic rings. The molecule has 0 aliphatic carbocycles. The molecular formula is C6H11NO. The van der Waals surface area contributed by atoms with E-state index in [4.69, 9.17) is 0 Å². The van der Waals surface area contributed by atoms with Gasteiger partial charge in [-0.1, -0.05) is 0 Å². The van der Waals surface area contributed by atoms with Crippen molar-refractivity contribution in [2.45, 2.75) is 25.9 Å². The minimum atomic E-state index is 0.245. The van der Waals surface area contributed by atoms with Gasteiger partial charge in [0.2, 0.25) is 0 Å². The second-order valence-electron chi connectivity index (χ2n) is 2.49. The van der Waals surface area contributed by atoms with Crippen LogP contribution >= 0.6 is 0 Å². The molecule has 2 nitrogen and oxygen atoms in total. The normalized spacial score (nSPS) is 35.4. The van der Waals surface area contributed by atoms with E-state index in [9.17, 15) is 4.79 Å². The first-order valence-corrected chi connectivity index (χ1v) is 2.96. The highest BCUT2D eigenvalue weighted by Crippen LogP contribution is 2.17. The molecule has 0 bridgehead atoms. The topological polar surface area (TPSA) is 20.1 Å². The number of nitrogens with zero attached hydrogens (tertiary/aromatic N) is 1. The fourth-order valence-corrected chi connectivity index (χ4v) is 0.884. The van der Waals surface area contributed by atoms with Crippen molar-refractivity contribution in [2.24, 2.45) is 0 Å². The summed E-state index contributed by atoms with van der Waals surface area (Å²) in [5.74, 6) is 0. The quantitative estimate of drug-likeness (QED) is 0.378. The monoisotopic (exact) mass is 113 g/mol. The molecule has 1 rings (SSSR count). The van der Waals surface area contributed by atoms with Crippen molar-refractivity contribution in [1.82, 2.24) is 4.90 Å². The van der Waals surface area contributed by atoms with E-state index in [2.05, 4.69) is 18.7 Å². The SMILES string of the molecule is CC(C)N1C[C@@H]1C=O. The zero-order valence-corrected chi connectivity index (χ0v) is 5.29. The third-order valence-corrected chi connectivity index (χ3v) is 1.51. The zero-order chi connectivity index (χ0) is 6.15. The number of carbonyl (C=O) groups excluding carboxylic acids is 1. The average molecular weight is 113 g/mol. The van der Waals surface area contributed by atoms with Crippen molar-refractivity contribution in [3.05, 3.63) is 0 Å². The summed E-state index contributed by atoms with van der Waals surface area (Å²) in [6.45, 7) is 5.17. The Hall–Kier alpha value is -0.370. The van der Waals surface area contributed by atoms with Gasteiger partial charge in [-0.25, -0.2) is 0 Å². The number of carbonyl (C=O) groups is 1. The Kier molecular flexibility index (Phi) is 1.34. The number of hydrogen-bond acceptors (Lipinski definition) is 2. The van der Waals surface area contributed by atoms with Gasteiger partial charge in [0.15, 0.2) is 0 Å². The third kappa shape index (κ3) is 0.892. The lowest BCUT2D eigenvalue weighted by atomic mass is 10.4. The summed E-state index contributed by atoms with van der Waals surface area (Å²) in [4.78, 5) is 12.2. The third-order valence-electron chi connectivity index (χ3n) is 1.51. The van der Waals surface area contributed by atoms with Crippen LogP contribution in [0.2, 0.25) is 0 Å². The van der Waals surface area contributed by atoms with Crippen LogP contribution in [0, 0.1) is 0 Å². The largest absolute Gasteiger partial charge is 0.302 e. The summed E-state index contributed by atoms with van der Waals surface area (Å²) in [6, 6.07) is 0.792. The van der Waals surface area contributed by atoms with Crippen molar-refractivity contribution in [1.29, 1.82) is 0 Å². The highest BCUT2D eigenvalue weighted by Gasteiger charge is 2.34. The molecule has 0 spiro atoms. The van der Waals surface area contributed by atoms with Crippen molar-refractivity contribution < 1.29 is 4.79 Å². The molecule has 1 aliphatic heterocycles. The first-order chi connectivity index (χ1) is 3.75. The standard InChI is InChI=1S/C6H11NO/c1-5(2)7-3-6(7)4-8/h4-6H,3H2,1-2H3/t6-,7?/m1/s1. The highest BCUT2D eigenvalue weighted by atomic mass is 16.1. The summed E-state index contributed by atoms with van der Waals surface area (Å²) in [7, 11) is 0. The molecule has 0 aromatic carbocycles. The molecule has 1 fully saturated rings. The van der Waals surface area contributed by atoms with Gasteiger partial charge in [-0.3, -0.25) is 4.90 Å². The molecule has 1 heterocycles. The summed E-state index contributed by atoms with van der Waals surface area (Å²) >= 11 is 0. The Morgan fingerprint density at radius 2 is 2.38 bits per heavy atom. The van der Waals surface area contributed by atoms with Crippen LogP contribution in [0.1, 0.15) is 13.8 Å². The Labute approximate surface area is 49.5 Å². The maximum absolute atomic E-state index is 10.0. The van der Waals surface area contributed by atoms with E-state index in [-0.39, 0.29) is 6.04 Å². The molecule has 0 aromatic rings. The molecule has 8 heavy (non-hydrogen) atoms. The van der Waals surface area contributed by atoms with Gasteiger partial charge in [-0.2, -0.15) is 0 Å². The summed E-state index contributed by atoms with van der Waals surface area (Å²) < 4.78 is 0. The second kappa shape index (κ2) is 1.86. The van der Waals surface area contributed by atoms with Gasteiger partial charge in [0.25, 0.3) is 0 Å². The maximum Gasteiger partial charge on any atom is 0.138 e. The minimum Gasteiger partial charge on any atom is -0.302 e. The molecule has 0 N–H and O–H groups in total. The van der Waals surface area contributed by atoms with Crippen LogP contribution in [0.15, 0.2) is 0 Å². The summed E-state index contributed by atoms with van der Waals surface area (Å²) in [5, 5.41) is 0. The number of aldehydes is 1. The Morgan fingerprint density at radius 1 is 1.75 bits per heavy atom. The predicted octanol–water partition coefficient (Wildman–Crippen LogP) is 0.278. The minimum absolute atomic E-state index is 0.245. The van der Waals surface area contributed by atoms with Crippen LogP contribution in [0.3, 0.4) is 0 Å². The van der Waals surface area contributed by atoms with Gasteiger partial charge in [0.1, 0.15) is 6.29 Å². The van der Waals surface area contributed by atoms with Crippen molar-refractivity contribution in [3.8, 4) is 0 Å². The first kappa shape index (κ1) is 5.76. The second-order valence-corrected chi connectivity index (χ2v) is 2.49. The van der Waals surface area contributed by atoms with Gasteiger partial charge >= 0.3 is 0 Å². The molecule has 0 saturated carbocycles. The van der Waals surface area contributed by atoms with Gasteiger partial charge in [-0.15, -0.1) is 0 Å². The number of hydrogen-bond donors (Lipinski definition) is 0. The summed E-state index contributed by atoms with van der Waals surface area (Å²) in [5.41, 5.74) is 0. The lowest BCUT2D eigenvalue weighted by Gasteiger charge is -2.02. The van der Waals surface area contributed by atoms with Crippen LogP contribution in [-0.4, -0.2) is 29.8 Å². The Morgan fingerprint density at radius 3 is 2.50 bits per heavy atom. The molecule has 1 saturated heterocycles. The molecule has 1 unspecified atom stereocenters. The van der Waals surface area contributed by atoms with Gasteiger partial charge in [0.05, 0.1) is 6.04 Å². The molecule has 0 amide bonds. The van der Waals surface area contributed by atoms with Gasteiger partial charge in [-0.05, 0) is 13.8 Å². The fourth-order valence-electron chi connectivity index (χ4n) is 0.884. The lowest BCUT2D eigenvalue weighted by molar-refractivity contribution is -0.108. The fraction of sp³-hybridized carbons (Fsp3) is 0.833. The summed E-state index contributed by atoms with van der Waals surface area (Å²) in [6.07, 6.45) is 1.01. The van der Waals surface area contributed by atoms with Crippen molar-refractivity contribution in [3.63, 3.8) is 0 Å². The predicted molar refractivity (Wildman–Crippen MR) is 31.7 cm³/mol. The number of rotatable bonds is 2. The van der Waals surface area contributed by atoms with E-state index in [1.165, 1.54) is 0 Å². The van der Waals surface area contributed by atoms with E-state index in [1.54, 1.807) is 0 Å². The molecular weight excluding hydrogens is 102 g/mol. The van der Waals surface area contributed by atoms with Crippen molar-refractivity contribution >= 4 is 6.29 Å². The molecule has 0 radical (unpaired) electrons. The van der Waals surface area contributed by atoms with Gasteiger partial charge in [0, 0.05) is 12.6 Å². The maximum atomic E-state index is 10.0. The van der Waals surface area contributed by atoms with E-state index >= 15 is 0 Å². The van der Waals surface area contributed by atoms with Crippen LogP contribution in [0.5, 0.6) is 0 Å². The van der Waals surface area contributed by atoms with E-state index in [0.29, 0.717) is 6.04 Å². The Balaban J connectivity index is 2.26. The average Bonchev–Trinajstić information content (AvgIpc) is 2.42. The highest BCUT2D eigenvalue weighted by molar-refractivity contribution is 5.62. The smallest absolute Gasteiger partial charge is 0.138 e. The van der Waals surface area contributed by atoms with Crippen LogP contribution in [0.25, 0.3) is 0 Å². The molecule has 0 aromatic heterocycles. The molecule has 2 atom stereocenters. The van der Waals surface area contributed by atoms with Crippen molar-refractivity contribution in [2.75, 3.05) is 6.54 Å². The van der Waals surface area contributed by atoms with Gasteiger partial charge < -0.3 is 4.79 Å². The Bertz CT molecular complexity index is 101. The van der Waals surface area contributed by atoms with E-state index in [0.717, 1.165) is 12.8 Å². The zero-order valence-electron chi connectivity index (χ0n) is 5.29. The van der Waals surface area contributed by atoms with Crippen LogP contribution in [-0.2, 0) is 4.79 Å². The molecule has 46 valence electrons. The first-order valence-electron chi connectivity index (χ1n) is 2.96. The molecule has 2 heteroatoms. The van der Waals surface area contributed by atoms with E-state index in [1.807, 2.05) is 0 Å². The lowest BCUT2D eigenvalue weighted by Crippen LogP contribution is -2.12. The van der Waals surface area contributed by atoms with E-state index < -0.39 is 0 Å². The van der Waals surface area contributed by atoms with Crippen LogP contribution in [0.4, 0.5) is 0 Å². The van der Waals surface area contributed by atoms with Crippen LogP contribution < -0.4 is 0 Å².